The molecule has 1 aliphatic rings. The van der Waals surface area contributed by atoms with Crippen molar-refractivity contribution in [3.63, 3.8) is 0 Å². The van der Waals surface area contributed by atoms with Gasteiger partial charge in [-0.2, -0.15) is 4.98 Å². The molecule has 1 aromatic heterocycles. The van der Waals surface area contributed by atoms with Gasteiger partial charge in [-0.1, -0.05) is 5.16 Å². The quantitative estimate of drug-likeness (QED) is 0.813. The number of rotatable bonds is 3. The van der Waals surface area contributed by atoms with Gasteiger partial charge < -0.3 is 15.0 Å². The average molecular weight is 211 g/mol. The van der Waals surface area contributed by atoms with E-state index in [0.29, 0.717) is 11.7 Å². The highest BCUT2D eigenvalue weighted by Crippen LogP contribution is 2.16. The van der Waals surface area contributed by atoms with Crippen LogP contribution in [0.25, 0.3) is 0 Å². The highest BCUT2D eigenvalue weighted by molar-refractivity contribution is 4.92. The molecule has 1 saturated heterocycles. The van der Waals surface area contributed by atoms with Gasteiger partial charge in [0.2, 0.25) is 5.89 Å². The third kappa shape index (κ3) is 2.76. The number of hydrogen-bond acceptors (Lipinski definition) is 5. The first-order valence-corrected chi connectivity index (χ1v) is 5.45. The third-order valence-corrected chi connectivity index (χ3v) is 2.56. The molecule has 2 atom stereocenters. The Bertz CT molecular complexity index is 305. The van der Waals surface area contributed by atoms with Crippen LogP contribution in [-0.4, -0.2) is 22.9 Å². The van der Waals surface area contributed by atoms with Crippen LogP contribution >= 0.6 is 0 Å². The predicted octanol–water partition coefficient (Wildman–Crippen LogP) is 1.20. The minimum atomic E-state index is -0.196. The largest absolute Gasteiger partial charge is 0.378 e. The van der Waals surface area contributed by atoms with E-state index in [-0.39, 0.29) is 12.1 Å². The van der Waals surface area contributed by atoms with Crippen LogP contribution < -0.4 is 5.73 Å². The normalized spacial score (nSPS) is 24.0. The van der Waals surface area contributed by atoms with Gasteiger partial charge >= 0.3 is 0 Å². The minimum absolute atomic E-state index is 0.196. The lowest BCUT2D eigenvalue weighted by molar-refractivity contribution is 0.0153. The summed E-state index contributed by atoms with van der Waals surface area (Å²) in [4.78, 5) is 4.22. The lowest BCUT2D eigenvalue weighted by Gasteiger charge is -2.20. The zero-order valence-electron chi connectivity index (χ0n) is 8.98. The molecule has 2 rings (SSSR count). The summed E-state index contributed by atoms with van der Waals surface area (Å²) in [6.07, 6.45) is 4.45. The Hall–Kier alpha value is -0.940. The van der Waals surface area contributed by atoms with E-state index in [1.807, 2.05) is 6.92 Å². The first kappa shape index (κ1) is 10.6. The Balaban J connectivity index is 1.91. The number of aromatic nitrogens is 2. The second-order valence-corrected chi connectivity index (χ2v) is 4.03. The second kappa shape index (κ2) is 4.72. The number of ether oxygens (including phenoxy) is 1. The van der Waals surface area contributed by atoms with E-state index in [1.165, 1.54) is 6.42 Å². The van der Waals surface area contributed by atoms with Crippen molar-refractivity contribution in [2.24, 2.45) is 5.73 Å². The van der Waals surface area contributed by atoms with Crippen LogP contribution in [0.1, 0.15) is 43.9 Å². The van der Waals surface area contributed by atoms with Crippen molar-refractivity contribution in [3.05, 3.63) is 11.7 Å². The molecule has 0 bridgehead atoms. The van der Waals surface area contributed by atoms with Crippen molar-refractivity contribution in [1.29, 1.82) is 0 Å². The SMILES string of the molecule is C[C@H](N)c1nc(CC2CCCCO2)no1. The first-order valence-electron chi connectivity index (χ1n) is 5.45. The summed E-state index contributed by atoms with van der Waals surface area (Å²) in [7, 11) is 0. The van der Waals surface area contributed by atoms with Crippen LogP contribution in [0.3, 0.4) is 0 Å². The van der Waals surface area contributed by atoms with E-state index in [2.05, 4.69) is 10.1 Å². The fourth-order valence-electron chi connectivity index (χ4n) is 1.71. The maximum atomic E-state index is 5.63. The standard InChI is InChI=1S/C10H17N3O2/c1-7(11)10-12-9(13-15-10)6-8-4-2-3-5-14-8/h7-8H,2-6,11H2,1H3/t7-,8?/m0/s1. The third-order valence-electron chi connectivity index (χ3n) is 2.56. The molecular weight excluding hydrogens is 194 g/mol. The molecule has 15 heavy (non-hydrogen) atoms. The van der Waals surface area contributed by atoms with E-state index in [1.54, 1.807) is 0 Å². The summed E-state index contributed by atoms with van der Waals surface area (Å²) in [6.45, 7) is 2.68. The maximum Gasteiger partial charge on any atom is 0.243 e. The number of nitrogens with two attached hydrogens (primary N) is 1. The maximum absolute atomic E-state index is 5.63. The van der Waals surface area contributed by atoms with Crippen molar-refractivity contribution in [2.45, 2.75) is 44.8 Å². The summed E-state index contributed by atoms with van der Waals surface area (Å²) >= 11 is 0. The average Bonchev–Trinajstić information content (AvgIpc) is 2.68. The van der Waals surface area contributed by atoms with Crippen LogP contribution in [0.15, 0.2) is 4.52 Å². The molecule has 1 aliphatic heterocycles. The van der Waals surface area contributed by atoms with Crippen LogP contribution in [0.5, 0.6) is 0 Å². The summed E-state index contributed by atoms with van der Waals surface area (Å²) < 4.78 is 10.6. The van der Waals surface area contributed by atoms with Gasteiger partial charge in [0.25, 0.3) is 0 Å². The van der Waals surface area contributed by atoms with Gasteiger partial charge in [-0.05, 0) is 26.2 Å². The summed E-state index contributed by atoms with van der Waals surface area (Å²) in [6, 6.07) is -0.196. The summed E-state index contributed by atoms with van der Waals surface area (Å²) in [5.41, 5.74) is 5.63. The molecule has 0 radical (unpaired) electrons. The topological polar surface area (TPSA) is 74.2 Å². The first-order chi connectivity index (χ1) is 7.25. The molecule has 1 unspecified atom stereocenters. The fraction of sp³-hybridized carbons (Fsp3) is 0.800. The lowest BCUT2D eigenvalue weighted by atomic mass is 10.1. The van der Waals surface area contributed by atoms with E-state index in [0.717, 1.165) is 25.9 Å². The predicted molar refractivity (Wildman–Crippen MR) is 54.2 cm³/mol. The lowest BCUT2D eigenvalue weighted by Crippen LogP contribution is -2.21. The Morgan fingerprint density at radius 2 is 2.40 bits per heavy atom. The van der Waals surface area contributed by atoms with Crippen molar-refractivity contribution in [3.8, 4) is 0 Å². The van der Waals surface area contributed by atoms with Crippen molar-refractivity contribution in [1.82, 2.24) is 10.1 Å². The van der Waals surface area contributed by atoms with Gasteiger partial charge in [-0.25, -0.2) is 0 Å². The van der Waals surface area contributed by atoms with E-state index in [9.17, 15) is 0 Å². The van der Waals surface area contributed by atoms with Crippen molar-refractivity contribution >= 4 is 0 Å². The molecule has 0 aliphatic carbocycles. The van der Waals surface area contributed by atoms with Gasteiger partial charge in [0, 0.05) is 13.0 Å². The highest BCUT2D eigenvalue weighted by Gasteiger charge is 2.18. The van der Waals surface area contributed by atoms with Gasteiger partial charge in [0.1, 0.15) is 0 Å². The fourth-order valence-corrected chi connectivity index (χ4v) is 1.71. The molecule has 0 aromatic carbocycles. The molecule has 2 N–H and O–H groups in total. The molecule has 1 fully saturated rings. The van der Waals surface area contributed by atoms with Crippen LogP contribution in [-0.2, 0) is 11.2 Å². The van der Waals surface area contributed by atoms with E-state index in [4.69, 9.17) is 15.0 Å². The summed E-state index contributed by atoms with van der Waals surface area (Å²) in [5.74, 6) is 1.20. The molecule has 1 aromatic rings. The molecular formula is C10H17N3O2. The monoisotopic (exact) mass is 211 g/mol. The van der Waals surface area contributed by atoms with Crippen molar-refractivity contribution < 1.29 is 9.26 Å². The Labute approximate surface area is 89.0 Å². The van der Waals surface area contributed by atoms with E-state index < -0.39 is 0 Å². The van der Waals surface area contributed by atoms with Gasteiger partial charge in [0.05, 0.1) is 12.1 Å². The van der Waals surface area contributed by atoms with Gasteiger partial charge in [0.15, 0.2) is 5.82 Å². The smallest absolute Gasteiger partial charge is 0.243 e. The highest BCUT2D eigenvalue weighted by atomic mass is 16.5. The molecule has 5 heteroatoms. The molecule has 0 saturated carbocycles. The zero-order valence-corrected chi connectivity index (χ0v) is 8.98. The van der Waals surface area contributed by atoms with Gasteiger partial charge in [-0.15, -0.1) is 0 Å². The molecule has 0 amide bonds. The zero-order chi connectivity index (χ0) is 10.7. The number of nitrogens with zero attached hydrogens (tertiary/aromatic N) is 2. The van der Waals surface area contributed by atoms with Crippen LogP contribution in [0, 0.1) is 0 Å². The van der Waals surface area contributed by atoms with Gasteiger partial charge in [-0.3, -0.25) is 0 Å². The Morgan fingerprint density at radius 3 is 3.00 bits per heavy atom. The van der Waals surface area contributed by atoms with Crippen LogP contribution in [0.2, 0.25) is 0 Å². The Kier molecular flexibility index (Phi) is 3.33. The molecule has 0 spiro atoms. The number of hydrogen-bond donors (Lipinski definition) is 1. The Morgan fingerprint density at radius 1 is 1.53 bits per heavy atom. The summed E-state index contributed by atoms with van der Waals surface area (Å²) in [5, 5.41) is 3.89. The molecule has 5 nitrogen and oxygen atoms in total. The minimum Gasteiger partial charge on any atom is -0.378 e. The molecule has 84 valence electrons. The molecule has 2 heterocycles. The van der Waals surface area contributed by atoms with Crippen LogP contribution in [0.4, 0.5) is 0 Å². The van der Waals surface area contributed by atoms with E-state index >= 15 is 0 Å². The van der Waals surface area contributed by atoms with Crippen molar-refractivity contribution in [2.75, 3.05) is 6.61 Å². The second-order valence-electron chi connectivity index (χ2n) is 4.03.